The molecule has 2 aromatic rings. The van der Waals surface area contributed by atoms with Crippen LogP contribution < -0.4 is 10.6 Å². The van der Waals surface area contributed by atoms with Gasteiger partial charge in [0.1, 0.15) is 0 Å². The molecule has 0 saturated carbocycles. The summed E-state index contributed by atoms with van der Waals surface area (Å²) in [5, 5.41) is 7.41. The van der Waals surface area contributed by atoms with Gasteiger partial charge < -0.3 is 10.6 Å². The van der Waals surface area contributed by atoms with Crippen LogP contribution in [0.4, 0.5) is 5.69 Å². The maximum Gasteiger partial charge on any atom is 0.171 e. The van der Waals surface area contributed by atoms with Gasteiger partial charge in [0.2, 0.25) is 0 Å². The second-order valence-corrected chi connectivity index (χ2v) is 6.63. The van der Waals surface area contributed by atoms with Gasteiger partial charge in [-0.2, -0.15) is 0 Å². The SMILES string of the molecule is CCC(NC(=S)Nc1ccc(C)c(C)c1)c1ccc(C)cc1C. The first-order chi connectivity index (χ1) is 10.9. The van der Waals surface area contributed by atoms with Crippen LogP contribution in [0.2, 0.25) is 0 Å². The molecule has 0 spiro atoms. The van der Waals surface area contributed by atoms with Crippen molar-refractivity contribution in [1.29, 1.82) is 0 Å². The van der Waals surface area contributed by atoms with Crippen molar-refractivity contribution in [2.24, 2.45) is 0 Å². The lowest BCUT2D eigenvalue weighted by atomic mass is 9.98. The van der Waals surface area contributed by atoms with Crippen molar-refractivity contribution >= 4 is 23.0 Å². The molecule has 0 saturated heterocycles. The molecule has 0 amide bonds. The fraction of sp³-hybridized carbons (Fsp3) is 0.350. The van der Waals surface area contributed by atoms with E-state index in [2.05, 4.69) is 81.7 Å². The van der Waals surface area contributed by atoms with E-state index in [0.29, 0.717) is 5.11 Å². The van der Waals surface area contributed by atoms with Crippen molar-refractivity contribution in [2.75, 3.05) is 5.32 Å². The Labute approximate surface area is 145 Å². The summed E-state index contributed by atoms with van der Waals surface area (Å²) in [6.45, 7) is 10.7. The highest BCUT2D eigenvalue weighted by Gasteiger charge is 2.13. The van der Waals surface area contributed by atoms with Crippen molar-refractivity contribution in [3.05, 3.63) is 64.2 Å². The molecule has 122 valence electrons. The first-order valence-electron chi connectivity index (χ1n) is 8.12. The van der Waals surface area contributed by atoms with Crippen LogP contribution in [-0.4, -0.2) is 5.11 Å². The molecular formula is C20H26N2S. The zero-order valence-electron chi connectivity index (χ0n) is 14.7. The predicted octanol–water partition coefficient (Wildman–Crippen LogP) is 5.36. The van der Waals surface area contributed by atoms with Crippen molar-refractivity contribution in [1.82, 2.24) is 5.32 Å². The molecule has 23 heavy (non-hydrogen) atoms. The molecule has 0 aliphatic rings. The molecule has 0 radical (unpaired) electrons. The average Bonchev–Trinajstić information content (AvgIpc) is 2.49. The van der Waals surface area contributed by atoms with E-state index in [1.54, 1.807) is 0 Å². The van der Waals surface area contributed by atoms with E-state index in [1.165, 1.54) is 27.8 Å². The standard InChI is InChI=1S/C20H26N2S/c1-6-19(18-10-7-13(2)11-16(18)5)22-20(23)21-17-9-8-14(3)15(4)12-17/h7-12,19H,6H2,1-5H3,(H2,21,22,23). The Hall–Kier alpha value is -1.87. The van der Waals surface area contributed by atoms with Crippen molar-refractivity contribution < 1.29 is 0 Å². The van der Waals surface area contributed by atoms with Crippen LogP contribution in [-0.2, 0) is 0 Å². The molecule has 3 heteroatoms. The minimum atomic E-state index is 0.224. The van der Waals surface area contributed by atoms with Crippen LogP contribution in [0, 0.1) is 27.7 Å². The Balaban J connectivity index is 2.08. The maximum absolute atomic E-state index is 5.50. The van der Waals surface area contributed by atoms with E-state index in [9.17, 15) is 0 Å². The van der Waals surface area contributed by atoms with Gasteiger partial charge in [-0.1, -0.05) is 36.8 Å². The lowest BCUT2D eigenvalue weighted by Crippen LogP contribution is -2.32. The van der Waals surface area contributed by atoms with Gasteiger partial charge in [-0.25, -0.2) is 0 Å². The quantitative estimate of drug-likeness (QED) is 0.740. The summed E-state index contributed by atoms with van der Waals surface area (Å²) in [4.78, 5) is 0. The summed E-state index contributed by atoms with van der Waals surface area (Å²) in [7, 11) is 0. The van der Waals surface area contributed by atoms with Crippen LogP contribution in [0.3, 0.4) is 0 Å². The topological polar surface area (TPSA) is 24.1 Å². The van der Waals surface area contributed by atoms with Gasteiger partial charge in [-0.15, -0.1) is 0 Å². The Morgan fingerprint density at radius 2 is 1.70 bits per heavy atom. The van der Waals surface area contributed by atoms with Gasteiger partial charge in [0, 0.05) is 5.69 Å². The molecule has 0 bridgehead atoms. The number of hydrogen-bond donors (Lipinski definition) is 2. The fourth-order valence-electron chi connectivity index (χ4n) is 2.76. The number of rotatable bonds is 4. The Morgan fingerprint density at radius 1 is 0.957 bits per heavy atom. The monoisotopic (exact) mass is 326 g/mol. The fourth-order valence-corrected chi connectivity index (χ4v) is 3.02. The van der Waals surface area contributed by atoms with Gasteiger partial charge in [-0.05, 0) is 80.7 Å². The lowest BCUT2D eigenvalue weighted by Gasteiger charge is -2.22. The highest BCUT2D eigenvalue weighted by Crippen LogP contribution is 2.22. The number of hydrogen-bond acceptors (Lipinski definition) is 1. The van der Waals surface area contributed by atoms with Gasteiger partial charge >= 0.3 is 0 Å². The molecule has 0 aliphatic heterocycles. The third kappa shape index (κ3) is 4.55. The van der Waals surface area contributed by atoms with E-state index in [0.717, 1.165) is 12.1 Å². The van der Waals surface area contributed by atoms with Gasteiger partial charge in [-0.3, -0.25) is 0 Å². The minimum absolute atomic E-state index is 0.224. The summed E-state index contributed by atoms with van der Waals surface area (Å²) in [6, 6.07) is 13.1. The number of thiocarbonyl (C=S) groups is 1. The summed E-state index contributed by atoms with van der Waals surface area (Å²) in [5.74, 6) is 0. The van der Waals surface area contributed by atoms with Crippen LogP contribution >= 0.6 is 12.2 Å². The summed E-state index contributed by atoms with van der Waals surface area (Å²) in [5.41, 5.74) is 7.48. The summed E-state index contributed by atoms with van der Waals surface area (Å²) in [6.07, 6.45) is 0.985. The largest absolute Gasteiger partial charge is 0.356 e. The third-order valence-electron chi connectivity index (χ3n) is 4.28. The van der Waals surface area contributed by atoms with E-state index in [4.69, 9.17) is 12.2 Å². The number of nitrogens with one attached hydrogen (secondary N) is 2. The average molecular weight is 327 g/mol. The first kappa shape index (κ1) is 17.5. The molecule has 2 rings (SSSR count). The highest BCUT2D eigenvalue weighted by molar-refractivity contribution is 7.80. The zero-order valence-corrected chi connectivity index (χ0v) is 15.5. The molecule has 0 aliphatic carbocycles. The third-order valence-corrected chi connectivity index (χ3v) is 4.50. The Morgan fingerprint density at radius 3 is 2.30 bits per heavy atom. The zero-order chi connectivity index (χ0) is 17.0. The number of anilines is 1. The second kappa shape index (κ2) is 7.60. The summed E-state index contributed by atoms with van der Waals surface area (Å²) >= 11 is 5.50. The molecule has 1 atom stereocenters. The van der Waals surface area contributed by atoms with Crippen LogP contribution in [0.1, 0.15) is 47.2 Å². The van der Waals surface area contributed by atoms with E-state index in [1.807, 2.05) is 0 Å². The Bertz CT molecular complexity index is 707. The molecular weight excluding hydrogens is 300 g/mol. The van der Waals surface area contributed by atoms with E-state index >= 15 is 0 Å². The molecule has 1 unspecified atom stereocenters. The first-order valence-corrected chi connectivity index (χ1v) is 8.53. The second-order valence-electron chi connectivity index (χ2n) is 6.22. The van der Waals surface area contributed by atoms with Crippen molar-refractivity contribution in [2.45, 2.75) is 47.1 Å². The van der Waals surface area contributed by atoms with Crippen molar-refractivity contribution in [3.63, 3.8) is 0 Å². The molecule has 2 N–H and O–H groups in total. The Kier molecular flexibility index (Phi) is 5.78. The van der Waals surface area contributed by atoms with Crippen LogP contribution in [0.5, 0.6) is 0 Å². The molecule has 2 nitrogen and oxygen atoms in total. The predicted molar refractivity (Wildman–Crippen MR) is 104 cm³/mol. The lowest BCUT2D eigenvalue weighted by molar-refractivity contribution is 0.625. The number of benzene rings is 2. The van der Waals surface area contributed by atoms with Gasteiger partial charge in [0.25, 0.3) is 0 Å². The maximum atomic E-state index is 5.50. The molecule has 0 aromatic heterocycles. The molecule has 0 heterocycles. The minimum Gasteiger partial charge on any atom is -0.356 e. The molecule has 2 aromatic carbocycles. The van der Waals surface area contributed by atoms with Crippen LogP contribution in [0.15, 0.2) is 36.4 Å². The van der Waals surface area contributed by atoms with Gasteiger partial charge in [0.05, 0.1) is 6.04 Å². The summed E-state index contributed by atoms with van der Waals surface area (Å²) < 4.78 is 0. The highest BCUT2D eigenvalue weighted by atomic mass is 32.1. The normalized spacial score (nSPS) is 11.9. The number of aryl methyl sites for hydroxylation is 4. The van der Waals surface area contributed by atoms with Crippen molar-refractivity contribution in [3.8, 4) is 0 Å². The van der Waals surface area contributed by atoms with Gasteiger partial charge in [0.15, 0.2) is 5.11 Å². The molecule has 0 fully saturated rings. The van der Waals surface area contributed by atoms with E-state index < -0.39 is 0 Å². The smallest absolute Gasteiger partial charge is 0.171 e. The van der Waals surface area contributed by atoms with Crippen LogP contribution in [0.25, 0.3) is 0 Å². The van der Waals surface area contributed by atoms with E-state index in [-0.39, 0.29) is 6.04 Å².